The number of carbonyl (C=O) groups excluding carboxylic acids is 1. The minimum Gasteiger partial charge on any atom is -0.348 e. The summed E-state index contributed by atoms with van der Waals surface area (Å²) in [6.07, 6.45) is 7.74. The molecule has 0 radical (unpaired) electrons. The van der Waals surface area contributed by atoms with Crippen LogP contribution in [0.4, 0.5) is 0 Å². The van der Waals surface area contributed by atoms with E-state index in [9.17, 15) is 4.79 Å². The van der Waals surface area contributed by atoms with Crippen molar-refractivity contribution in [2.75, 3.05) is 39.3 Å². The minimum atomic E-state index is 0.157. The van der Waals surface area contributed by atoms with Crippen molar-refractivity contribution in [3.05, 3.63) is 77.4 Å². The molecule has 1 saturated heterocycles. The zero-order chi connectivity index (χ0) is 19.9. The van der Waals surface area contributed by atoms with Gasteiger partial charge in [0.05, 0.1) is 12.6 Å². The average Bonchev–Trinajstić information content (AvgIpc) is 2.76. The number of piperazine rings is 1. The Bertz CT molecular complexity index is 825. The molecule has 0 aromatic heterocycles. The normalized spacial score (nSPS) is 20.5. The van der Waals surface area contributed by atoms with Crippen LogP contribution in [0.25, 0.3) is 6.08 Å². The molecule has 152 valence electrons. The maximum atomic E-state index is 12.6. The van der Waals surface area contributed by atoms with Crippen molar-refractivity contribution in [3.63, 3.8) is 0 Å². The molecule has 29 heavy (non-hydrogen) atoms. The summed E-state index contributed by atoms with van der Waals surface area (Å²) in [4.78, 5) is 17.4. The molecule has 1 atom stereocenters. The van der Waals surface area contributed by atoms with Crippen molar-refractivity contribution in [1.29, 1.82) is 0 Å². The Balaban J connectivity index is 1.20. The number of hydrogen-bond donors (Lipinski definition) is 1. The second-order valence-corrected chi connectivity index (χ2v) is 8.10. The first-order valence-corrected chi connectivity index (χ1v) is 10.8. The van der Waals surface area contributed by atoms with Crippen LogP contribution in [-0.2, 0) is 11.2 Å². The lowest BCUT2D eigenvalue weighted by Gasteiger charge is -2.34. The van der Waals surface area contributed by atoms with Crippen LogP contribution in [-0.4, -0.2) is 55.0 Å². The van der Waals surface area contributed by atoms with Crippen molar-refractivity contribution >= 4 is 12.0 Å². The van der Waals surface area contributed by atoms with E-state index in [1.807, 2.05) is 6.07 Å². The number of amides is 1. The number of rotatable bonds is 6. The largest absolute Gasteiger partial charge is 0.348 e. The molecule has 2 aromatic carbocycles. The van der Waals surface area contributed by atoms with Crippen LogP contribution >= 0.6 is 0 Å². The van der Waals surface area contributed by atoms with Gasteiger partial charge in [0.1, 0.15) is 0 Å². The zero-order valence-corrected chi connectivity index (χ0v) is 17.1. The van der Waals surface area contributed by atoms with Gasteiger partial charge in [-0.1, -0.05) is 66.7 Å². The molecular weight excluding hydrogens is 358 g/mol. The molecule has 0 saturated carbocycles. The molecular formula is C25H31N3O. The topological polar surface area (TPSA) is 35.6 Å². The number of aryl methyl sites for hydroxylation is 1. The number of nitrogens with one attached hydrogen (secondary N) is 1. The molecule has 0 bridgehead atoms. The first-order valence-electron chi connectivity index (χ1n) is 10.8. The summed E-state index contributed by atoms with van der Waals surface area (Å²) in [5, 5.41) is 3.28. The molecule has 1 N–H and O–H groups in total. The minimum absolute atomic E-state index is 0.157. The van der Waals surface area contributed by atoms with E-state index in [4.69, 9.17) is 0 Å². The number of fused-ring (bicyclic) bond motifs is 1. The Kier molecular flexibility index (Phi) is 6.75. The monoisotopic (exact) mass is 389 g/mol. The summed E-state index contributed by atoms with van der Waals surface area (Å²) in [5.41, 5.74) is 3.94. The van der Waals surface area contributed by atoms with Gasteiger partial charge in [0.25, 0.3) is 0 Å². The van der Waals surface area contributed by atoms with Crippen molar-refractivity contribution < 1.29 is 4.79 Å². The molecule has 1 aliphatic heterocycles. The van der Waals surface area contributed by atoms with Crippen LogP contribution in [0, 0.1) is 0 Å². The van der Waals surface area contributed by atoms with Gasteiger partial charge in [0.15, 0.2) is 0 Å². The Hall–Kier alpha value is -2.43. The van der Waals surface area contributed by atoms with Gasteiger partial charge in [0, 0.05) is 32.7 Å². The Morgan fingerprint density at radius 1 is 0.966 bits per heavy atom. The second-order valence-electron chi connectivity index (χ2n) is 8.10. The van der Waals surface area contributed by atoms with Gasteiger partial charge in [-0.15, -0.1) is 0 Å². The fourth-order valence-corrected chi connectivity index (χ4v) is 4.38. The SMILES string of the molecule is O=C(CN1CCN(C/C=C/c2ccccc2)CC1)NC1CCCc2ccccc21. The molecule has 1 aliphatic carbocycles. The van der Waals surface area contributed by atoms with Crippen LogP contribution in [0.2, 0.25) is 0 Å². The Morgan fingerprint density at radius 2 is 1.69 bits per heavy atom. The van der Waals surface area contributed by atoms with Gasteiger partial charge in [-0.25, -0.2) is 0 Å². The van der Waals surface area contributed by atoms with Crippen LogP contribution in [0.3, 0.4) is 0 Å². The average molecular weight is 390 g/mol. The number of hydrogen-bond acceptors (Lipinski definition) is 3. The number of nitrogens with zero attached hydrogens (tertiary/aromatic N) is 2. The molecule has 1 fully saturated rings. The molecule has 0 spiro atoms. The summed E-state index contributed by atoms with van der Waals surface area (Å²) in [5.74, 6) is 0.157. The maximum Gasteiger partial charge on any atom is 0.234 e. The lowest BCUT2D eigenvalue weighted by atomic mass is 9.88. The third kappa shape index (κ3) is 5.55. The van der Waals surface area contributed by atoms with Crippen LogP contribution in [0.15, 0.2) is 60.7 Å². The molecule has 2 aromatic rings. The predicted molar refractivity (Wildman–Crippen MR) is 119 cm³/mol. The van der Waals surface area contributed by atoms with Crippen LogP contribution in [0.1, 0.15) is 35.6 Å². The van der Waals surface area contributed by atoms with Crippen molar-refractivity contribution in [3.8, 4) is 0 Å². The van der Waals surface area contributed by atoms with Crippen molar-refractivity contribution in [2.45, 2.75) is 25.3 Å². The fourth-order valence-electron chi connectivity index (χ4n) is 4.38. The molecule has 1 amide bonds. The van der Waals surface area contributed by atoms with E-state index in [2.05, 4.69) is 75.8 Å². The number of benzene rings is 2. The second kappa shape index (κ2) is 9.86. The summed E-state index contributed by atoms with van der Waals surface area (Å²) in [7, 11) is 0. The first-order chi connectivity index (χ1) is 14.3. The third-order valence-corrected chi connectivity index (χ3v) is 6.01. The van der Waals surface area contributed by atoms with Gasteiger partial charge >= 0.3 is 0 Å². The van der Waals surface area contributed by atoms with Gasteiger partial charge < -0.3 is 5.32 Å². The van der Waals surface area contributed by atoms with Gasteiger partial charge in [-0.2, -0.15) is 0 Å². The van der Waals surface area contributed by atoms with E-state index in [-0.39, 0.29) is 11.9 Å². The number of carbonyl (C=O) groups is 1. The smallest absolute Gasteiger partial charge is 0.234 e. The highest BCUT2D eigenvalue weighted by molar-refractivity contribution is 5.78. The summed E-state index contributed by atoms with van der Waals surface area (Å²) < 4.78 is 0. The van der Waals surface area contributed by atoms with E-state index in [1.165, 1.54) is 16.7 Å². The molecule has 4 heteroatoms. The van der Waals surface area contributed by atoms with Gasteiger partial charge in [0.2, 0.25) is 5.91 Å². The van der Waals surface area contributed by atoms with Gasteiger partial charge in [-0.3, -0.25) is 14.6 Å². The fraction of sp³-hybridized carbons (Fsp3) is 0.400. The highest BCUT2D eigenvalue weighted by atomic mass is 16.2. The molecule has 2 aliphatic rings. The maximum absolute atomic E-state index is 12.6. The summed E-state index contributed by atoms with van der Waals surface area (Å²) >= 11 is 0. The quantitative estimate of drug-likeness (QED) is 0.821. The summed E-state index contributed by atoms with van der Waals surface area (Å²) in [6, 6.07) is 19.1. The standard InChI is InChI=1S/C25H31N3O/c29-25(26-24-14-6-12-22-11-4-5-13-23(22)24)20-28-18-16-27(17-19-28)15-7-10-21-8-2-1-3-9-21/h1-5,7-11,13,24H,6,12,14-20H2,(H,26,29)/b10-7+. The first kappa shape index (κ1) is 19.9. The van der Waals surface area contributed by atoms with Gasteiger partial charge in [-0.05, 0) is 36.0 Å². The highest BCUT2D eigenvalue weighted by Gasteiger charge is 2.23. The van der Waals surface area contributed by atoms with Crippen LogP contribution in [0.5, 0.6) is 0 Å². The van der Waals surface area contributed by atoms with E-state index in [0.717, 1.165) is 52.0 Å². The third-order valence-electron chi connectivity index (χ3n) is 6.01. The molecule has 1 unspecified atom stereocenters. The van der Waals surface area contributed by atoms with Crippen LogP contribution < -0.4 is 5.32 Å². The van der Waals surface area contributed by atoms with E-state index in [0.29, 0.717) is 6.54 Å². The highest BCUT2D eigenvalue weighted by Crippen LogP contribution is 2.29. The van der Waals surface area contributed by atoms with E-state index in [1.54, 1.807) is 0 Å². The lowest BCUT2D eigenvalue weighted by molar-refractivity contribution is -0.123. The predicted octanol–water partition coefficient (Wildman–Crippen LogP) is 3.51. The lowest BCUT2D eigenvalue weighted by Crippen LogP contribution is -2.49. The molecule has 1 heterocycles. The zero-order valence-electron chi connectivity index (χ0n) is 17.1. The van der Waals surface area contributed by atoms with E-state index >= 15 is 0 Å². The van der Waals surface area contributed by atoms with Crippen molar-refractivity contribution in [2.24, 2.45) is 0 Å². The van der Waals surface area contributed by atoms with E-state index < -0.39 is 0 Å². The molecule has 4 rings (SSSR count). The molecule has 4 nitrogen and oxygen atoms in total. The Labute approximate surface area is 174 Å². The Morgan fingerprint density at radius 3 is 2.52 bits per heavy atom. The van der Waals surface area contributed by atoms with Crippen molar-refractivity contribution in [1.82, 2.24) is 15.1 Å². The summed E-state index contributed by atoms with van der Waals surface area (Å²) in [6.45, 7) is 5.40.